The van der Waals surface area contributed by atoms with Gasteiger partial charge in [-0.15, -0.1) is 0 Å². The van der Waals surface area contributed by atoms with E-state index in [4.69, 9.17) is 4.74 Å². The van der Waals surface area contributed by atoms with Crippen LogP contribution in [0, 0.1) is 17.8 Å². The van der Waals surface area contributed by atoms with E-state index in [-0.39, 0.29) is 41.6 Å². The Labute approximate surface area is 183 Å². The average Bonchev–Trinajstić information content (AvgIpc) is 3.15. The van der Waals surface area contributed by atoms with Crippen molar-refractivity contribution in [3.63, 3.8) is 0 Å². The van der Waals surface area contributed by atoms with Crippen molar-refractivity contribution in [1.82, 2.24) is 15.2 Å². The molecule has 3 heterocycles. The topological polar surface area (TPSA) is 82.2 Å². The fraction of sp³-hybridized carbons (Fsp3) is 0.609. The third-order valence-corrected chi connectivity index (χ3v) is 6.80. The van der Waals surface area contributed by atoms with Crippen LogP contribution >= 0.6 is 0 Å². The van der Waals surface area contributed by atoms with Gasteiger partial charge < -0.3 is 14.5 Å². The number of esters is 1. The normalized spacial score (nSPS) is 27.3. The molecule has 3 aliphatic heterocycles. The van der Waals surface area contributed by atoms with Crippen LogP contribution in [0.3, 0.4) is 0 Å². The minimum absolute atomic E-state index is 0.0215. The highest BCUT2D eigenvalue weighted by molar-refractivity contribution is 5.98. The fourth-order valence-corrected chi connectivity index (χ4v) is 5.03. The van der Waals surface area contributed by atoms with Gasteiger partial charge in [-0.1, -0.05) is 25.1 Å². The van der Waals surface area contributed by atoms with E-state index in [1.54, 1.807) is 5.01 Å². The molecule has 8 nitrogen and oxygen atoms in total. The van der Waals surface area contributed by atoms with Gasteiger partial charge in [-0.2, -0.15) is 0 Å². The van der Waals surface area contributed by atoms with Gasteiger partial charge in [-0.05, 0) is 38.4 Å². The number of nitrogens with zero attached hydrogens (tertiary/aromatic N) is 3. The van der Waals surface area contributed by atoms with Crippen molar-refractivity contribution in [2.75, 3.05) is 44.3 Å². The molecule has 3 saturated heterocycles. The number of rotatable bonds is 5. The number of hydrazine groups is 1. The first-order valence-corrected chi connectivity index (χ1v) is 11.4. The van der Waals surface area contributed by atoms with Gasteiger partial charge in [0.15, 0.2) is 0 Å². The molecule has 3 aliphatic rings. The van der Waals surface area contributed by atoms with E-state index in [9.17, 15) is 14.4 Å². The number of fused-ring (bicyclic) bond motifs is 1. The summed E-state index contributed by atoms with van der Waals surface area (Å²) in [6, 6.07) is 9.31. The van der Waals surface area contributed by atoms with Crippen molar-refractivity contribution in [2.24, 2.45) is 17.8 Å². The molecule has 0 aliphatic carbocycles. The summed E-state index contributed by atoms with van der Waals surface area (Å²) in [7, 11) is 0. The molecule has 31 heavy (non-hydrogen) atoms. The number of nitrogens with one attached hydrogen (secondary N) is 1. The number of ether oxygens (including phenoxy) is 1. The highest BCUT2D eigenvalue weighted by Crippen LogP contribution is 2.33. The Morgan fingerprint density at radius 3 is 2.45 bits per heavy atom. The number of amides is 2. The molecule has 1 aromatic rings. The van der Waals surface area contributed by atoms with Gasteiger partial charge in [0.1, 0.15) is 0 Å². The molecular weight excluding hydrogens is 396 g/mol. The smallest absolute Gasteiger partial charge is 0.309 e. The lowest BCUT2D eigenvalue weighted by molar-refractivity contribution is -0.152. The Balaban J connectivity index is 1.47. The minimum atomic E-state index is -0.296. The van der Waals surface area contributed by atoms with Gasteiger partial charge in [0.05, 0.1) is 36.1 Å². The Kier molecular flexibility index (Phi) is 6.57. The van der Waals surface area contributed by atoms with Crippen LogP contribution in [0.5, 0.6) is 0 Å². The van der Waals surface area contributed by atoms with E-state index in [1.165, 1.54) is 0 Å². The molecule has 8 heteroatoms. The molecule has 2 amide bonds. The third kappa shape index (κ3) is 4.32. The second-order valence-corrected chi connectivity index (χ2v) is 8.58. The molecule has 0 radical (unpaired) electrons. The molecule has 0 spiro atoms. The third-order valence-electron chi connectivity index (χ3n) is 6.80. The number of para-hydroxylation sites is 1. The number of carbonyl (C=O) groups excluding carboxylic acids is 3. The highest BCUT2D eigenvalue weighted by Gasteiger charge is 2.51. The Bertz CT molecular complexity index is 809. The minimum Gasteiger partial charge on any atom is -0.466 e. The van der Waals surface area contributed by atoms with Crippen molar-refractivity contribution in [2.45, 2.75) is 32.7 Å². The average molecular weight is 429 g/mol. The Morgan fingerprint density at radius 1 is 1.10 bits per heavy atom. The summed E-state index contributed by atoms with van der Waals surface area (Å²) in [5.41, 5.74) is 4.15. The van der Waals surface area contributed by atoms with Crippen LogP contribution in [-0.4, -0.2) is 73.0 Å². The van der Waals surface area contributed by atoms with Crippen molar-refractivity contribution >= 4 is 23.5 Å². The Hall–Kier alpha value is -2.45. The number of likely N-dealkylation sites (tertiary alicyclic amines) is 2. The maximum atomic E-state index is 13.5. The fourth-order valence-electron chi connectivity index (χ4n) is 5.03. The molecule has 168 valence electrons. The molecular formula is C23H32N4O4. The molecule has 1 aromatic carbocycles. The summed E-state index contributed by atoms with van der Waals surface area (Å²) < 4.78 is 5.14. The van der Waals surface area contributed by atoms with E-state index < -0.39 is 0 Å². The van der Waals surface area contributed by atoms with Crippen LogP contribution in [0.2, 0.25) is 0 Å². The molecule has 0 bridgehead atoms. The number of hydrogen-bond acceptors (Lipinski definition) is 6. The Morgan fingerprint density at radius 2 is 1.81 bits per heavy atom. The largest absolute Gasteiger partial charge is 0.466 e. The maximum absolute atomic E-state index is 13.5. The number of anilines is 1. The van der Waals surface area contributed by atoms with Gasteiger partial charge in [-0.3, -0.25) is 14.4 Å². The van der Waals surface area contributed by atoms with Gasteiger partial charge in [0.2, 0.25) is 11.8 Å². The zero-order valence-corrected chi connectivity index (χ0v) is 18.3. The van der Waals surface area contributed by atoms with Gasteiger partial charge in [0, 0.05) is 26.2 Å². The zero-order valence-electron chi connectivity index (χ0n) is 18.3. The predicted molar refractivity (Wildman–Crippen MR) is 116 cm³/mol. The van der Waals surface area contributed by atoms with E-state index in [0.29, 0.717) is 45.6 Å². The predicted octanol–water partition coefficient (Wildman–Crippen LogP) is 1.28. The highest BCUT2D eigenvalue weighted by atomic mass is 16.5. The molecule has 3 fully saturated rings. The second kappa shape index (κ2) is 9.36. The second-order valence-electron chi connectivity index (χ2n) is 8.58. The SMILES string of the molecule is CCOC(=O)C1CCN(C(=O)C2CN(CC)CC3C(=O)N(c4ccccc4)NC23)CC1. The van der Waals surface area contributed by atoms with Crippen molar-refractivity contribution in [3.05, 3.63) is 30.3 Å². The first-order chi connectivity index (χ1) is 15.0. The monoisotopic (exact) mass is 428 g/mol. The van der Waals surface area contributed by atoms with Crippen molar-refractivity contribution in [3.8, 4) is 0 Å². The van der Waals surface area contributed by atoms with E-state index in [0.717, 1.165) is 12.2 Å². The number of piperidine rings is 2. The van der Waals surface area contributed by atoms with Gasteiger partial charge in [-0.25, -0.2) is 10.4 Å². The lowest BCUT2D eigenvalue weighted by atomic mass is 9.83. The summed E-state index contributed by atoms with van der Waals surface area (Å²) in [5.74, 6) is -0.740. The number of carbonyl (C=O) groups is 3. The molecule has 0 saturated carbocycles. The van der Waals surface area contributed by atoms with Crippen LogP contribution in [0.1, 0.15) is 26.7 Å². The molecule has 3 unspecified atom stereocenters. The number of hydrogen-bond donors (Lipinski definition) is 1. The number of benzene rings is 1. The molecule has 1 N–H and O–H groups in total. The van der Waals surface area contributed by atoms with Crippen molar-refractivity contribution in [1.29, 1.82) is 0 Å². The molecule has 0 aromatic heterocycles. The van der Waals surface area contributed by atoms with Crippen LogP contribution in [0.4, 0.5) is 5.69 Å². The first-order valence-electron chi connectivity index (χ1n) is 11.4. The summed E-state index contributed by atoms with van der Waals surface area (Å²) >= 11 is 0. The van der Waals surface area contributed by atoms with Crippen LogP contribution < -0.4 is 10.4 Å². The van der Waals surface area contributed by atoms with Crippen LogP contribution in [-0.2, 0) is 19.1 Å². The van der Waals surface area contributed by atoms with Gasteiger partial charge >= 0.3 is 5.97 Å². The standard InChI is InChI=1S/C23H32N4O4/c1-3-25-14-18(21(28)26-12-10-16(11-13-26)23(30)31-4-2)20-19(15-25)22(29)27(24-20)17-8-6-5-7-9-17/h5-9,16,18-20,24H,3-4,10-15H2,1-2H3. The lowest BCUT2D eigenvalue weighted by Gasteiger charge is -2.41. The lowest BCUT2D eigenvalue weighted by Crippen LogP contribution is -2.58. The quantitative estimate of drug-likeness (QED) is 0.712. The molecule has 3 atom stereocenters. The first kappa shape index (κ1) is 21.8. The van der Waals surface area contributed by atoms with Gasteiger partial charge in [0.25, 0.3) is 0 Å². The van der Waals surface area contributed by atoms with Crippen LogP contribution in [0.25, 0.3) is 0 Å². The van der Waals surface area contributed by atoms with E-state index in [2.05, 4.69) is 17.2 Å². The zero-order chi connectivity index (χ0) is 22.0. The van der Waals surface area contributed by atoms with Crippen molar-refractivity contribution < 1.29 is 19.1 Å². The van der Waals surface area contributed by atoms with E-state index in [1.807, 2.05) is 42.2 Å². The maximum Gasteiger partial charge on any atom is 0.309 e. The summed E-state index contributed by atoms with van der Waals surface area (Å²) in [6.45, 7) is 7.46. The van der Waals surface area contributed by atoms with E-state index >= 15 is 0 Å². The summed E-state index contributed by atoms with van der Waals surface area (Å²) in [6.07, 6.45) is 1.26. The molecule has 4 rings (SSSR count). The summed E-state index contributed by atoms with van der Waals surface area (Å²) in [4.78, 5) is 42.8. The summed E-state index contributed by atoms with van der Waals surface area (Å²) in [5, 5.41) is 1.61. The van der Waals surface area contributed by atoms with Crippen LogP contribution in [0.15, 0.2) is 30.3 Å².